The van der Waals surface area contributed by atoms with Crippen molar-refractivity contribution < 1.29 is 25.1 Å². The van der Waals surface area contributed by atoms with Gasteiger partial charge in [0, 0.05) is 22.8 Å². The summed E-state index contributed by atoms with van der Waals surface area (Å²) in [6.07, 6.45) is 94.0. The molecule has 2 nitrogen and oxygen atoms in total. The largest absolute Gasteiger partial charge is 2.00 e. The molecule has 0 radical (unpaired) electrons. The molecule has 0 amide bonds. The van der Waals surface area contributed by atoms with Crippen LogP contribution in [0.1, 0.15) is 461 Å². The minimum atomic E-state index is 0. The van der Waals surface area contributed by atoms with E-state index < -0.39 is 0 Å². The van der Waals surface area contributed by atoms with Gasteiger partial charge in [0.15, 0.2) is 0 Å². The van der Waals surface area contributed by atoms with Crippen LogP contribution in [-0.4, -0.2) is 4.70 Å². The molecule has 0 saturated heterocycles. The van der Waals surface area contributed by atoms with E-state index in [2.05, 4.69) is 103 Å². The maximum Gasteiger partial charge on any atom is 2.00 e. The van der Waals surface area contributed by atoms with Crippen molar-refractivity contribution in [2.75, 3.05) is 0 Å². The van der Waals surface area contributed by atoms with Gasteiger partial charge in [-0.1, -0.05) is 425 Å². The first-order valence-electron chi connectivity index (χ1n) is 41.2. The molecule has 3 rings (SSSR count). The van der Waals surface area contributed by atoms with Gasteiger partial charge in [-0.15, -0.1) is 0 Å². The molecule has 0 bridgehead atoms. The minimum Gasteiger partial charge on any atom is -0.493 e. The van der Waals surface area contributed by atoms with Crippen molar-refractivity contribution in [2.24, 2.45) is 0 Å². The first-order chi connectivity index (χ1) is 44.5. The Bertz CT molecular complexity index is 1740. The maximum atomic E-state index is 11.3. The SMILES string of the molecule is CCCCC1=C(c2cccc(CCCC)c2)[N+](=[N-])C(c2cccc(CCCC)c2)=C1.[CH2-]CCCCCCCCCCCCCCCCCCCCCCCCCCCCC.[CH2-]CCCCCCCCCCCCCCCCCCCCCCCCCCCCC.[Pd+2]. The van der Waals surface area contributed by atoms with Gasteiger partial charge in [-0.2, -0.15) is 12.8 Å². The average Bonchev–Trinajstić information content (AvgIpc) is 2.09. The number of aryl methyl sites for hydroxylation is 2. The van der Waals surface area contributed by atoms with Gasteiger partial charge in [0.1, 0.15) is 0 Å². The van der Waals surface area contributed by atoms with Gasteiger partial charge in [-0.05, 0) is 73.9 Å². The third kappa shape index (κ3) is 56.0. The van der Waals surface area contributed by atoms with Crippen molar-refractivity contribution in [1.82, 2.24) is 0 Å². The molecule has 0 unspecified atom stereocenters. The second-order valence-corrected chi connectivity index (χ2v) is 28.5. The van der Waals surface area contributed by atoms with Gasteiger partial charge in [-0.3, -0.25) is 0 Å². The molecular formula is C88H158N2Pd. The average molecular weight is 1350 g/mol. The molecule has 0 spiro atoms. The van der Waals surface area contributed by atoms with E-state index in [4.69, 9.17) is 0 Å². The molecule has 3 heteroatoms. The van der Waals surface area contributed by atoms with Gasteiger partial charge < -0.3 is 19.4 Å². The summed E-state index contributed by atoms with van der Waals surface area (Å²) in [7, 11) is 0. The van der Waals surface area contributed by atoms with Crippen LogP contribution in [0.4, 0.5) is 0 Å². The molecule has 0 atom stereocenters. The number of allylic oxidation sites excluding steroid dienone is 2. The quantitative estimate of drug-likeness (QED) is 0.0273. The summed E-state index contributed by atoms with van der Waals surface area (Å²) < 4.78 is 1.43. The Hall–Kier alpha value is -1.82. The number of hydrogen-bond donors (Lipinski definition) is 0. The van der Waals surface area contributed by atoms with Gasteiger partial charge in [0.2, 0.25) is 11.4 Å². The van der Waals surface area contributed by atoms with E-state index >= 15 is 0 Å². The number of rotatable bonds is 65. The van der Waals surface area contributed by atoms with Crippen molar-refractivity contribution in [3.05, 3.63) is 102 Å². The topological polar surface area (TPSA) is 25.3 Å². The van der Waals surface area contributed by atoms with Gasteiger partial charge in [0.05, 0.1) is 0 Å². The summed E-state index contributed by atoms with van der Waals surface area (Å²) in [6, 6.07) is 17.4. The molecule has 0 N–H and O–H groups in total. The van der Waals surface area contributed by atoms with Crippen molar-refractivity contribution in [2.45, 2.75) is 452 Å². The molecule has 530 valence electrons. The summed E-state index contributed by atoms with van der Waals surface area (Å²) in [5, 5.41) is 0. The smallest absolute Gasteiger partial charge is 0.493 e. The molecule has 1 heterocycles. The van der Waals surface area contributed by atoms with Crippen LogP contribution in [0.5, 0.6) is 0 Å². The zero-order chi connectivity index (χ0) is 64.9. The van der Waals surface area contributed by atoms with Gasteiger partial charge in [0.25, 0.3) is 0 Å². The Balaban J connectivity index is 0.00000133. The molecule has 2 aromatic carbocycles. The van der Waals surface area contributed by atoms with Crippen LogP contribution in [0.25, 0.3) is 16.9 Å². The molecule has 1 aliphatic rings. The Kier molecular flexibility index (Phi) is 71.0. The number of nitrogens with zero attached hydrogens (tertiary/aromatic N) is 2. The molecular weight excluding hydrogens is 1190 g/mol. The summed E-state index contributed by atoms with van der Waals surface area (Å²) in [6.45, 7) is 19.1. The minimum absolute atomic E-state index is 0. The molecule has 0 aromatic heterocycles. The maximum absolute atomic E-state index is 11.3. The number of unbranched alkanes of at least 4 members (excludes halogenated alkanes) is 57. The zero-order valence-electron chi connectivity index (χ0n) is 62.3. The predicted molar refractivity (Wildman–Crippen MR) is 409 cm³/mol. The Morgan fingerprint density at radius 3 is 0.747 bits per heavy atom. The fraction of sp³-hybridized carbons (Fsp3) is 0.795. The van der Waals surface area contributed by atoms with E-state index in [0.717, 1.165) is 67.5 Å². The van der Waals surface area contributed by atoms with Crippen LogP contribution in [0, 0.1) is 13.8 Å². The molecule has 91 heavy (non-hydrogen) atoms. The van der Waals surface area contributed by atoms with Crippen molar-refractivity contribution in [3.8, 4) is 0 Å². The van der Waals surface area contributed by atoms with Crippen LogP contribution in [0.15, 0.2) is 60.2 Å². The Morgan fingerprint density at radius 2 is 0.495 bits per heavy atom. The van der Waals surface area contributed by atoms with Crippen LogP contribution in [0.3, 0.4) is 0 Å². The fourth-order valence-corrected chi connectivity index (χ4v) is 13.5. The zero-order valence-corrected chi connectivity index (χ0v) is 63.8. The standard InChI is InChI=1S/2C30H61.C28H36N2.Pd/c2*1-3-5-7-9-11-13-15-17-19-21-23-25-27-29-30-28-26-24-22-20-18-16-14-12-10-8-6-4-2;1-4-7-12-22-14-10-17-24(19-22)27-21-26(16-9-6-3)28(30(27)29)25-18-11-15-23(20-25)13-8-5-2;/h2*1,3-30H2,2H3;10-11,14-15,17-21H,4-9,12-13,16H2,1-3H3;/q2*-1;;+2. The van der Waals surface area contributed by atoms with E-state index in [9.17, 15) is 5.53 Å². The molecule has 2 aromatic rings. The van der Waals surface area contributed by atoms with Crippen LogP contribution in [0.2, 0.25) is 0 Å². The van der Waals surface area contributed by atoms with Crippen LogP contribution >= 0.6 is 0 Å². The third-order valence-corrected chi connectivity index (χ3v) is 19.6. The van der Waals surface area contributed by atoms with E-state index in [-0.39, 0.29) is 20.4 Å². The Labute approximate surface area is 586 Å². The third-order valence-electron chi connectivity index (χ3n) is 19.6. The second-order valence-electron chi connectivity index (χ2n) is 28.5. The van der Waals surface area contributed by atoms with E-state index in [0.29, 0.717) is 0 Å². The fourth-order valence-electron chi connectivity index (χ4n) is 13.5. The van der Waals surface area contributed by atoms with Crippen molar-refractivity contribution in [3.63, 3.8) is 0 Å². The summed E-state index contributed by atoms with van der Waals surface area (Å²) in [5.74, 6) is 0. The van der Waals surface area contributed by atoms with Crippen LogP contribution < -0.4 is 0 Å². The molecule has 1 aliphatic heterocycles. The summed E-state index contributed by atoms with van der Waals surface area (Å²) >= 11 is 0. The van der Waals surface area contributed by atoms with Gasteiger partial charge >= 0.3 is 20.4 Å². The first kappa shape index (κ1) is 89.2. The van der Waals surface area contributed by atoms with Crippen molar-refractivity contribution >= 4 is 11.4 Å². The number of benzene rings is 2. The monoisotopic (exact) mass is 1350 g/mol. The first-order valence-corrected chi connectivity index (χ1v) is 41.2. The number of hydrogen-bond acceptors (Lipinski definition) is 0. The van der Waals surface area contributed by atoms with E-state index in [1.807, 2.05) is 0 Å². The molecule has 0 aliphatic carbocycles. The van der Waals surface area contributed by atoms with Crippen molar-refractivity contribution in [1.29, 1.82) is 0 Å². The normalized spacial score (nSPS) is 12.1. The van der Waals surface area contributed by atoms with E-state index in [1.54, 1.807) is 0 Å². The summed E-state index contributed by atoms with van der Waals surface area (Å²) in [4.78, 5) is 0. The molecule has 0 fully saturated rings. The van der Waals surface area contributed by atoms with Gasteiger partial charge in [-0.25, -0.2) is 4.70 Å². The Morgan fingerprint density at radius 1 is 0.275 bits per heavy atom. The second kappa shape index (κ2) is 72.5. The van der Waals surface area contributed by atoms with E-state index in [1.165, 1.54) is 394 Å². The van der Waals surface area contributed by atoms with Crippen LogP contribution in [-0.2, 0) is 33.3 Å². The predicted octanol–water partition coefficient (Wildman–Crippen LogP) is 31.9. The summed E-state index contributed by atoms with van der Waals surface area (Å²) in [5.41, 5.74) is 19.3. The molecule has 0 saturated carbocycles.